The monoisotopic (exact) mass is 323 g/mol. The van der Waals surface area contributed by atoms with Crippen LogP contribution >= 0.6 is 15.9 Å². The van der Waals surface area contributed by atoms with Crippen LogP contribution in [-0.4, -0.2) is 18.1 Å². The summed E-state index contributed by atoms with van der Waals surface area (Å²) in [6, 6.07) is 11.0. The van der Waals surface area contributed by atoms with E-state index < -0.39 is 0 Å². The number of halogens is 2. The predicted molar refractivity (Wildman–Crippen MR) is 79.0 cm³/mol. The van der Waals surface area contributed by atoms with Crippen molar-refractivity contribution >= 4 is 27.4 Å². The summed E-state index contributed by atoms with van der Waals surface area (Å²) in [6.45, 7) is 1.19. The number of aromatic nitrogens is 1. The minimum atomic E-state index is -0.352. The molecule has 1 aromatic heterocycles. The maximum Gasteiger partial charge on any atom is 0.169 e. The van der Waals surface area contributed by atoms with E-state index in [4.69, 9.17) is 5.73 Å². The van der Waals surface area contributed by atoms with Gasteiger partial charge in [-0.2, -0.15) is 0 Å². The third-order valence-electron chi connectivity index (χ3n) is 2.70. The number of rotatable bonds is 5. The zero-order valence-corrected chi connectivity index (χ0v) is 12.0. The van der Waals surface area contributed by atoms with Crippen LogP contribution in [0.25, 0.3) is 0 Å². The minimum Gasteiger partial charge on any atom is -0.330 e. The molecular formula is C14H15BrFN3. The number of benzene rings is 1. The lowest BCUT2D eigenvalue weighted by Gasteiger charge is -2.24. The molecule has 2 rings (SSSR count). The normalized spacial score (nSPS) is 10.5. The quantitative estimate of drug-likeness (QED) is 0.916. The number of hydrogen-bond donors (Lipinski definition) is 1. The highest BCUT2D eigenvalue weighted by Gasteiger charge is 2.14. The summed E-state index contributed by atoms with van der Waals surface area (Å²) < 4.78 is 14.7. The fourth-order valence-corrected chi connectivity index (χ4v) is 2.12. The molecule has 2 aromatic rings. The Morgan fingerprint density at radius 3 is 2.63 bits per heavy atom. The van der Waals surface area contributed by atoms with Gasteiger partial charge in [0, 0.05) is 22.9 Å². The molecule has 1 heterocycles. The van der Waals surface area contributed by atoms with Crippen LogP contribution < -0.4 is 10.6 Å². The zero-order chi connectivity index (χ0) is 13.7. The van der Waals surface area contributed by atoms with E-state index in [1.165, 1.54) is 6.07 Å². The van der Waals surface area contributed by atoms with Crippen molar-refractivity contribution < 1.29 is 4.39 Å². The van der Waals surface area contributed by atoms with Crippen LogP contribution in [0.1, 0.15) is 6.42 Å². The van der Waals surface area contributed by atoms with Gasteiger partial charge in [0.2, 0.25) is 0 Å². The molecule has 0 amide bonds. The molecule has 0 aliphatic carbocycles. The maximum atomic E-state index is 14.0. The van der Waals surface area contributed by atoms with Crippen LogP contribution in [0.3, 0.4) is 0 Å². The average molecular weight is 324 g/mol. The average Bonchev–Trinajstić information content (AvgIpc) is 2.42. The number of anilines is 2. The van der Waals surface area contributed by atoms with Gasteiger partial charge in [-0.25, -0.2) is 9.37 Å². The van der Waals surface area contributed by atoms with Crippen LogP contribution in [-0.2, 0) is 0 Å². The van der Waals surface area contributed by atoms with Gasteiger partial charge in [0.1, 0.15) is 0 Å². The first-order chi connectivity index (χ1) is 9.22. The molecule has 0 aliphatic heterocycles. The second kappa shape index (κ2) is 6.63. The van der Waals surface area contributed by atoms with Gasteiger partial charge in [-0.05, 0) is 47.1 Å². The summed E-state index contributed by atoms with van der Waals surface area (Å²) in [7, 11) is 0. The lowest BCUT2D eigenvalue weighted by atomic mass is 10.2. The molecule has 5 heteroatoms. The molecule has 0 saturated carbocycles. The number of pyridine rings is 1. The summed E-state index contributed by atoms with van der Waals surface area (Å²) in [5.41, 5.74) is 6.45. The molecule has 0 spiro atoms. The number of nitrogens with two attached hydrogens (primary N) is 1. The Bertz CT molecular complexity index is 533. The van der Waals surface area contributed by atoms with Crippen molar-refractivity contribution in [2.45, 2.75) is 6.42 Å². The SMILES string of the molecule is NCCCN(c1ccccc1)c1ncc(Br)cc1F. The Balaban J connectivity index is 2.37. The molecular weight excluding hydrogens is 309 g/mol. The molecule has 0 fully saturated rings. The van der Waals surface area contributed by atoms with Crippen LogP contribution in [0.2, 0.25) is 0 Å². The third kappa shape index (κ3) is 3.52. The molecule has 0 radical (unpaired) electrons. The van der Waals surface area contributed by atoms with Crippen LogP contribution in [0, 0.1) is 5.82 Å². The Labute approximate surface area is 120 Å². The van der Waals surface area contributed by atoms with Crippen molar-refractivity contribution in [2.24, 2.45) is 5.73 Å². The Hall–Kier alpha value is -1.46. The molecule has 100 valence electrons. The van der Waals surface area contributed by atoms with E-state index in [9.17, 15) is 4.39 Å². The summed E-state index contributed by atoms with van der Waals surface area (Å²) in [6.07, 6.45) is 2.36. The highest BCUT2D eigenvalue weighted by molar-refractivity contribution is 9.10. The molecule has 0 bridgehead atoms. The second-order valence-electron chi connectivity index (χ2n) is 4.09. The second-order valence-corrected chi connectivity index (χ2v) is 5.00. The van der Waals surface area contributed by atoms with Gasteiger partial charge in [-0.3, -0.25) is 0 Å². The van der Waals surface area contributed by atoms with Crippen molar-refractivity contribution in [1.82, 2.24) is 4.98 Å². The van der Waals surface area contributed by atoms with Gasteiger partial charge >= 0.3 is 0 Å². The maximum absolute atomic E-state index is 14.0. The van der Waals surface area contributed by atoms with E-state index >= 15 is 0 Å². The largest absolute Gasteiger partial charge is 0.330 e. The van der Waals surface area contributed by atoms with Crippen LogP contribution in [0.15, 0.2) is 47.1 Å². The standard InChI is InChI=1S/C14H15BrFN3/c15-11-9-13(16)14(18-10-11)19(8-4-7-17)12-5-2-1-3-6-12/h1-3,5-6,9-10H,4,7-8,17H2. The molecule has 3 nitrogen and oxygen atoms in total. The van der Waals surface area contributed by atoms with Crippen molar-refractivity contribution in [2.75, 3.05) is 18.0 Å². The Morgan fingerprint density at radius 1 is 1.26 bits per heavy atom. The van der Waals surface area contributed by atoms with E-state index in [0.717, 1.165) is 12.1 Å². The van der Waals surface area contributed by atoms with Crippen LogP contribution in [0.5, 0.6) is 0 Å². The predicted octanol–water partition coefficient (Wildman–Crippen LogP) is 3.47. The van der Waals surface area contributed by atoms with Gasteiger partial charge < -0.3 is 10.6 Å². The fourth-order valence-electron chi connectivity index (χ4n) is 1.82. The van der Waals surface area contributed by atoms with Crippen molar-refractivity contribution in [3.05, 3.63) is 52.9 Å². The lowest BCUT2D eigenvalue weighted by Crippen LogP contribution is -2.22. The summed E-state index contributed by atoms with van der Waals surface area (Å²) in [5, 5.41) is 0. The van der Waals surface area contributed by atoms with Crippen molar-refractivity contribution in [3.8, 4) is 0 Å². The summed E-state index contributed by atoms with van der Waals surface area (Å²) in [4.78, 5) is 6.01. The summed E-state index contributed by atoms with van der Waals surface area (Å²) >= 11 is 3.21. The molecule has 0 aliphatic rings. The third-order valence-corrected chi connectivity index (χ3v) is 3.13. The van der Waals surface area contributed by atoms with E-state index in [2.05, 4.69) is 20.9 Å². The first-order valence-corrected chi connectivity index (χ1v) is 6.85. The highest BCUT2D eigenvalue weighted by atomic mass is 79.9. The Morgan fingerprint density at radius 2 is 2.00 bits per heavy atom. The molecule has 0 atom stereocenters. The first-order valence-electron chi connectivity index (χ1n) is 6.06. The van der Waals surface area contributed by atoms with E-state index in [-0.39, 0.29) is 5.82 Å². The van der Waals surface area contributed by atoms with Gasteiger partial charge in [0.25, 0.3) is 0 Å². The van der Waals surface area contributed by atoms with Crippen molar-refractivity contribution in [1.29, 1.82) is 0 Å². The molecule has 1 aromatic carbocycles. The smallest absolute Gasteiger partial charge is 0.169 e. The minimum absolute atomic E-state index is 0.322. The van der Waals surface area contributed by atoms with Crippen LogP contribution in [0.4, 0.5) is 15.9 Å². The van der Waals surface area contributed by atoms with Gasteiger partial charge in [0.15, 0.2) is 11.6 Å². The zero-order valence-electron chi connectivity index (χ0n) is 10.4. The topological polar surface area (TPSA) is 42.1 Å². The fraction of sp³-hybridized carbons (Fsp3) is 0.214. The molecule has 2 N–H and O–H groups in total. The number of para-hydroxylation sites is 1. The Kier molecular flexibility index (Phi) is 4.87. The number of hydrogen-bond acceptors (Lipinski definition) is 3. The van der Waals surface area contributed by atoms with Gasteiger partial charge in [-0.15, -0.1) is 0 Å². The van der Waals surface area contributed by atoms with Gasteiger partial charge in [-0.1, -0.05) is 18.2 Å². The molecule has 19 heavy (non-hydrogen) atoms. The van der Waals surface area contributed by atoms with E-state index in [0.29, 0.717) is 23.4 Å². The van der Waals surface area contributed by atoms with E-state index in [1.807, 2.05) is 35.2 Å². The molecule has 0 unspecified atom stereocenters. The van der Waals surface area contributed by atoms with E-state index in [1.54, 1.807) is 6.20 Å². The van der Waals surface area contributed by atoms with Gasteiger partial charge in [0.05, 0.1) is 0 Å². The number of nitrogens with zero attached hydrogens (tertiary/aromatic N) is 2. The first kappa shape index (κ1) is 14.0. The highest BCUT2D eigenvalue weighted by Crippen LogP contribution is 2.27. The lowest BCUT2D eigenvalue weighted by molar-refractivity contribution is 0.615. The summed E-state index contributed by atoms with van der Waals surface area (Å²) in [5.74, 6) is -0.0295. The molecule has 0 saturated heterocycles. The van der Waals surface area contributed by atoms with Crippen molar-refractivity contribution in [3.63, 3.8) is 0 Å².